The largest absolute Gasteiger partial charge is 0.478 e. The highest BCUT2D eigenvalue weighted by Crippen LogP contribution is 2.31. The first-order valence-electron chi connectivity index (χ1n) is 28.8. The van der Waals surface area contributed by atoms with Gasteiger partial charge in [0.15, 0.2) is 0 Å². The van der Waals surface area contributed by atoms with Gasteiger partial charge in [-0.1, -0.05) is 135 Å². The molecule has 4 aromatic rings. The Kier molecular flexibility index (Phi) is 24.4. The lowest BCUT2D eigenvalue weighted by Crippen LogP contribution is -2.59. The van der Waals surface area contributed by atoms with Crippen LogP contribution in [0.2, 0.25) is 0 Å². The Bertz CT molecular complexity index is 3100. The summed E-state index contributed by atoms with van der Waals surface area (Å²) >= 11 is 0. The lowest BCUT2D eigenvalue weighted by molar-refractivity contribution is -0.132. The zero-order valence-electron chi connectivity index (χ0n) is 51.1. The van der Waals surface area contributed by atoms with Crippen molar-refractivity contribution in [3.8, 4) is 11.8 Å². The number of hydrogen-bond acceptors (Lipinski definition) is 11. The quantitative estimate of drug-likeness (QED) is 0.0159. The number of primary amides is 1. The van der Waals surface area contributed by atoms with Crippen molar-refractivity contribution >= 4 is 64.7 Å². The van der Waals surface area contributed by atoms with E-state index in [4.69, 9.17) is 10.5 Å². The predicted molar refractivity (Wildman–Crippen MR) is 330 cm³/mol. The normalized spacial score (nSPS) is 14.1. The molecular weight excluding hydrogens is 1080 g/mol. The number of nitrogens with one attached hydrogen (secondary N) is 7. The summed E-state index contributed by atoms with van der Waals surface area (Å²) in [5.41, 5.74) is 9.74. The number of rotatable bonds is 27. The summed E-state index contributed by atoms with van der Waals surface area (Å²) in [6.07, 6.45) is 1.06. The highest BCUT2D eigenvalue weighted by Gasteiger charge is 2.39. The third kappa shape index (κ3) is 19.8. The summed E-state index contributed by atoms with van der Waals surface area (Å²) in [6.45, 7) is 20.0. The molecule has 0 aliphatic carbocycles. The molecule has 1 heterocycles. The molecule has 0 unspecified atom stereocenters. The van der Waals surface area contributed by atoms with Gasteiger partial charge in [-0.2, -0.15) is 0 Å². The number of carboxylic acid groups (broad SMARTS) is 1. The fourth-order valence-electron chi connectivity index (χ4n) is 9.93. The number of hydrogen-bond donors (Lipinski definition) is 9. The number of nitrogens with zero attached hydrogens (tertiary/aromatic N) is 2. The number of likely N-dealkylation sites (N-methyl/N-ethyl adjacent to an activating group) is 2. The number of ether oxygens (including phenoxy) is 1. The van der Waals surface area contributed by atoms with Crippen LogP contribution in [-0.2, 0) is 52.1 Å². The second-order valence-corrected chi connectivity index (χ2v) is 23.9. The van der Waals surface area contributed by atoms with Crippen LogP contribution in [0.5, 0.6) is 0 Å². The molecule has 456 valence electrons. The van der Waals surface area contributed by atoms with E-state index in [0.29, 0.717) is 34.7 Å². The van der Waals surface area contributed by atoms with Crippen LogP contribution < -0.4 is 47.9 Å². The van der Waals surface area contributed by atoms with Crippen molar-refractivity contribution in [3.63, 3.8) is 0 Å². The second kappa shape index (κ2) is 30.8. The highest BCUT2D eigenvalue weighted by molar-refractivity contribution is 6.00. The fraction of sp³-hybridized carbons (Fsp3) is 0.446. The first kappa shape index (κ1) is 67.3. The van der Waals surface area contributed by atoms with Crippen molar-refractivity contribution in [2.75, 3.05) is 42.7 Å². The number of urea groups is 1. The van der Waals surface area contributed by atoms with Gasteiger partial charge >= 0.3 is 18.1 Å². The van der Waals surface area contributed by atoms with E-state index in [-0.39, 0.29) is 86.2 Å². The molecule has 0 aromatic heterocycles. The van der Waals surface area contributed by atoms with E-state index < -0.39 is 65.3 Å². The molecular formula is C65H86N10O10. The number of fused-ring (bicyclic) bond motifs is 2. The van der Waals surface area contributed by atoms with E-state index in [1.807, 2.05) is 95.4 Å². The van der Waals surface area contributed by atoms with Gasteiger partial charge < -0.3 is 52.4 Å². The van der Waals surface area contributed by atoms with Crippen molar-refractivity contribution in [1.29, 1.82) is 0 Å². The standard InChI is InChI=1S/C65H86N10O10/c1-40(2)52(36-42(5)61(81)82)74(12)38-53(64(6,7)8)72-60(80)57(67-11)65(9,10)47-27-31-49(32-28-47)70-63(84)85-39-43-23-29-48(30-24-43)69-58(78)50(21-17-35-68-62(66)83)71-59(79)56(41(3)4)73-54(76)33-34-55(77)75-37-46-20-14-13-18-44(46)25-26-45-19-15-16-22-51(45)75/h13-16,18-20,22-24,27-32,36,40-41,50,52-53,56-57,67H,17,21,33-35,37-39H2,1-12H3,(H,69,78)(H,70,84)(H,71,79)(H,72,80)(H,73,76)(H,81,82)(H3,66,68,83)/b42-36+/t50-,52+,53+,56-,57+/m0/s1. The van der Waals surface area contributed by atoms with Gasteiger partial charge in [0.25, 0.3) is 0 Å². The van der Waals surface area contributed by atoms with E-state index in [9.17, 15) is 43.5 Å². The molecule has 0 bridgehead atoms. The van der Waals surface area contributed by atoms with Crippen LogP contribution in [0.3, 0.4) is 0 Å². The molecule has 85 heavy (non-hydrogen) atoms. The fourth-order valence-corrected chi connectivity index (χ4v) is 9.93. The summed E-state index contributed by atoms with van der Waals surface area (Å²) in [5, 5.41) is 29.6. The number of carbonyl (C=O) groups is 8. The maximum absolute atomic E-state index is 14.2. The minimum atomic E-state index is -1.11. The Morgan fingerprint density at radius 3 is 1.98 bits per heavy atom. The van der Waals surface area contributed by atoms with Crippen LogP contribution in [0, 0.1) is 29.1 Å². The van der Waals surface area contributed by atoms with Gasteiger partial charge in [0, 0.05) is 71.5 Å². The van der Waals surface area contributed by atoms with Crippen LogP contribution in [0.1, 0.15) is 123 Å². The lowest BCUT2D eigenvalue weighted by Gasteiger charge is -2.40. The zero-order valence-corrected chi connectivity index (χ0v) is 51.1. The predicted octanol–water partition coefficient (Wildman–Crippen LogP) is 7.56. The minimum absolute atomic E-state index is 0.0968. The minimum Gasteiger partial charge on any atom is -0.478 e. The van der Waals surface area contributed by atoms with Crippen LogP contribution in [0.15, 0.2) is 109 Å². The van der Waals surface area contributed by atoms with E-state index >= 15 is 0 Å². The summed E-state index contributed by atoms with van der Waals surface area (Å²) in [5.74, 6) is 2.89. The zero-order chi connectivity index (χ0) is 62.8. The summed E-state index contributed by atoms with van der Waals surface area (Å²) in [7, 11) is 3.67. The summed E-state index contributed by atoms with van der Waals surface area (Å²) in [6, 6.07) is 24.6. The van der Waals surface area contributed by atoms with Gasteiger partial charge in [0.2, 0.25) is 29.5 Å². The van der Waals surface area contributed by atoms with Crippen molar-refractivity contribution in [2.45, 2.75) is 144 Å². The van der Waals surface area contributed by atoms with E-state index in [2.05, 4.69) is 74.7 Å². The summed E-state index contributed by atoms with van der Waals surface area (Å²) < 4.78 is 5.52. The van der Waals surface area contributed by atoms with Gasteiger partial charge in [-0.3, -0.25) is 34.2 Å². The van der Waals surface area contributed by atoms with Crippen LogP contribution in [0.25, 0.3) is 0 Å². The molecule has 5 atom stereocenters. The smallest absolute Gasteiger partial charge is 0.411 e. The molecule has 5 rings (SSSR count). The molecule has 20 nitrogen and oxygen atoms in total. The van der Waals surface area contributed by atoms with Crippen molar-refractivity contribution in [1.82, 2.24) is 31.5 Å². The second-order valence-electron chi connectivity index (χ2n) is 23.9. The Hall–Kier alpha value is -8.54. The molecule has 0 saturated carbocycles. The molecule has 0 fully saturated rings. The van der Waals surface area contributed by atoms with Gasteiger partial charge in [-0.05, 0) is 110 Å². The number of anilines is 3. The molecule has 0 spiro atoms. The first-order chi connectivity index (χ1) is 40.1. The Labute approximate surface area is 500 Å². The van der Waals surface area contributed by atoms with Gasteiger partial charge in [0.05, 0.1) is 18.3 Å². The molecule has 4 aromatic carbocycles. The average molecular weight is 1170 g/mol. The third-order valence-electron chi connectivity index (χ3n) is 15.1. The molecule has 8 amide bonds. The number of carboxylic acids is 1. The molecule has 1 aliphatic rings. The Morgan fingerprint density at radius 2 is 1.36 bits per heavy atom. The maximum atomic E-state index is 14.2. The lowest BCUT2D eigenvalue weighted by atomic mass is 9.76. The van der Waals surface area contributed by atoms with Crippen LogP contribution in [-0.4, -0.2) is 115 Å². The van der Waals surface area contributed by atoms with Crippen LogP contribution in [0.4, 0.5) is 26.7 Å². The molecule has 10 N–H and O–H groups in total. The van der Waals surface area contributed by atoms with Crippen LogP contribution >= 0.6 is 0 Å². The van der Waals surface area contributed by atoms with E-state index in [1.54, 1.807) is 75.2 Å². The van der Waals surface area contributed by atoms with Gasteiger partial charge in [0.1, 0.15) is 18.7 Å². The molecule has 0 saturated heterocycles. The number of amides is 8. The molecule has 0 radical (unpaired) electrons. The Morgan fingerprint density at radius 1 is 0.753 bits per heavy atom. The third-order valence-corrected chi connectivity index (χ3v) is 15.1. The van der Waals surface area contributed by atoms with Gasteiger partial charge in [-0.25, -0.2) is 14.4 Å². The number of para-hydroxylation sites is 1. The number of carbonyl (C=O) groups excluding carboxylic acids is 7. The first-order valence-corrected chi connectivity index (χ1v) is 28.8. The number of nitrogens with two attached hydrogens (primary N) is 1. The number of benzene rings is 4. The van der Waals surface area contributed by atoms with Crippen molar-refractivity contribution in [2.24, 2.45) is 23.0 Å². The number of aliphatic carboxylic acids is 1. The van der Waals surface area contributed by atoms with Crippen molar-refractivity contribution in [3.05, 3.63) is 137 Å². The maximum Gasteiger partial charge on any atom is 0.411 e. The summed E-state index contributed by atoms with van der Waals surface area (Å²) in [4.78, 5) is 109. The molecule has 1 aliphatic heterocycles. The van der Waals surface area contributed by atoms with E-state index in [1.165, 1.54) is 0 Å². The average Bonchev–Trinajstić information content (AvgIpc) is 2.27. The van der Waals surface area contributed by atoms with Gasteiger partial charge in [-0.15, -0.1) is 0 Å². The van der Waals surface area contributed by atoms with E-state index in [0.717, 1.165) is 16.7 Å². The molecule has 20 heteroatoms. The van der Waals surface area contributed by atoms with Crippen molar-refractivity contribution < 1.29 is 48.2 Å². The Balaban J connectivity index is 1.15. The SMILES string of the molecule is CN[C@H](C(=O)N[C@H](CN(C)[C@H](/C=C(\C)C(=O)O)C(C)C)C(C)(C)C)C(C)(C)c1ccc(NC(=O)OCc2ccc(NC(=O)[C@H](CCCNC(N)=O)NC(=O)[C@@H](NC(=O)CCC(=O)N3Cc4ccccc4C#Cc4ccccc43)C(C)C)cc2)cc1. The topological polar surface area (TPSA) is 283 Å². The monoisotopic (exact) mass is 1170 g/mol. The highest BCUT2D eigenvalue weighted by atomic mass is 16.5.